The van der Waals surface area contributed by atoms with Crippen molar-refractivity contribution in [3.8, 4) is 5.75 Å². The number of primary amides is 1. The van der Waals surface area contributed by atoms with Gasteiger partial charge in [0, 0.05) is 31.6 Å². The highest BCUT2D eigenvalue weighted by Gasteiger charge is 2.35. The Kier molecular flexibility index (Phi) is 6.20. The molecule has 1 saturated carbocycles. The number of piperidine rings is 1. The zero-order valence-electron chi connectivity index (χ0n) is 17.3. The summed E-state index contributed by atoms with van der Waals surface area (Å²) in [5, 5.41) is 3.12. The van der Waals surface area contributed by atoms with Gasteiger partial charge in [-0.25, -0.2) is 18.7 Å². The molecule has 0 radical (unpaired) electrons. The summed E-state index contributed by atoms with van der Waals surface area (Å²) in [7, 11) is 0. The lowest BCUT2D eigenvalue weighted by Crippen LogP contribution is -2.31. The number of hydrogen-bond donors (Lipinski definition) is 2. The van der Waals surface area contributed by atoms with Crippen molar-refractivity contribution < 1.29 is 18.3 Å². The van der Waals surface area contributed by atoms with E-state index >= 15 is 0 Å². The van der Waals surface area contributed by atoms with Gasteiger partial charge in [-0.05, 0) is 56.4 Å². The normalized spacial score (nSPS) is 19.1. The van der Waals surface area contributed by atoms with Gasteiger partial charge in [-0.3, -0.25) is 4.79 Å². The van der Waals surface area contributed by atoms with Crippen molar-refractivity contribution in [1.29, 1.82) is 0 Å². The van der Waals surface area contributed by atoms with Crippen molar-refractivity contribution in [1.82, 2.24) is 9.97 Å². The zero-order valence-corrected chi connectivity index (χ0v) is 17.3. The first kappa shape index (κ1) is 21.3. The first-order chi connectivity index (χ1) is 14.9. The Morgan fingerprint density at radius 2 is 1.81 bits per heavy atom. The van der Waals surface area contributed by atoms with Gasteiger partial charge in [-0.15, -0.1) is 0 Å². The van der Waals surface area contributed by atoms with E-state index in [0.29, 0.717) is 35.9 Å². The Hall–Kier alpha value is -2.97. The minimum absolute atomic E-state index is 0.0734. The molecule has 2 heterocycles. The van der Waals surface area contributed by atoms with Crippen LogP contribution in [0.5, 0.6) is 5.75 Å². The molecule has 0 unspecified atom stereocenters. The monoisotopic (exact) mass is 431 g/mol. The van der Waals surface area contributed by atoms with E-state index in [1.54, 1.807) is 30.5 Å². The molecule has 9 heteroatoms. The number of benzene rings is 1. The smallest absolute Gasteiger partial charge is 0.271 e. The second-order valence-electron chi connectivity index (χ2n) is 8.16. The molecule has 1 aliphatic heterocycles. The fourth-order valence-electron chi connectivity index (χ4n) is 4.00. The predicted octanol–water partition coefficient (Wildman–Crippen LogP) is 4.27. The van der Waals surface area contributed by atoms with Crippen molar-refractivity contribution in [3.05, 3.63) is 36.2 Å². The van der Waals surface area contributed by atoms with E-state index in [1.807, 2.05) is 0 Å². The zero-order chi connectivity index (χ0) is 21.8. The molecule has 7 nitrogen and oxygen atoms in total. The van der Waals surface area contributed by atoms with Crippen LogP contribution in [-0.4, -0.2) is 41.0 Å². The van der Waals surface area contributed by atoms with E-state index < -0.39 is 11.8 Å². The number of hydrogen-bond acceptors (Lipinski definition) is 6. The number of halogens is 2. The minimum Gasteiger partial charge on any atom is -0.490 e. The molecule has 2 aliphatic rings. The lowest BCUT2D eigenvalue weighted by molar-refractivity contribution is -0.0582. The molecule has 1 aliphatic carbocycles. The summed E-state index contributed by atoms with van der Waals surface area (Å²) in [6, 6.07) is 7.10. The van der Waals surface area contributed by atoms with Gasteiger partial charge in [0.2, 0.25) is 5.92 Å². The fraction of sp³-hybridized carbons (Fsp3) is 0.500. The highest BCUT2D eigenvalue weighted by atomic mass is 19.3. The van der Waals surface area contributed by atoms with Gasteiger partial charge >= 0.3 is 0 Å². The Bertz CT molecular complexity index is 907. The highest BCUT2D eigenvalue weighted by molar-refractivity contribution is 5.96. The fourth-order valence-corrected chi connectivity index (χ4v) is 4.00. The van der Waals surface area contributed by atoms with Crippen LogP contribution >= 0.6 is 0 Å². The molecule has 166 valence electrons. The molecule has 1 aromatic carbocycles. The Morgan fingerprint density at radius 1 is 1.13 bits per heavy atom. The molecule has 4 rings (SSSR count). The number of carbonyl (C=O) groups is 1. The van der Waals surface area contributed by atoms with Crippen LogP contribution in [0.2, 0.25) is 0 Å². The summed E-state index contributed by atoms with van der Waals surface area (Å²) in [5.41, 5.74) is 6.24. The van der Waals surface area contributed by atoms with Gasteiger partial charge in [-0.1, -0.05) is 0 Å². The molecule has 0 atom stereocenters. The Morgan fingerprint density at radius 3 is 2.45 bits per heavy atom. The quantitative estimate of drug-likeness (QED) is 0.710. The second-order valence-corrected chi connectivity index (χ2v) is 8.16. The number of rotatable bonds is 6. The van der Waals surface area contributed by atoms with Gasteiger partial charge in [0.25, 0.3) is 5.91 Å². The van der Waals surface area contributed by atoms with Gasteiger partial charge in [0.1, 0.15) is 11.6 Å². The predicted molar refractivity (Wildman–Crippen MR) is 114 cm³/mol. The molecule has 3 N–H and O–H groups in total. The number of ether oxygens (including phenoxy) is 1. The van der Waals surface area contributed by atoms with Gasteiger partial charge in [0.15, 0.2) is 11.5 Å². The van der Waals surface area contributed by atoms with Crippen LogP contribution in [0.4, 0.5) is 26.1 Å². The summed E-state index contributed by atoms with van der Waals surface area (Å²) in [5.74, 6) is -1.60. The molecule has 0 spiro atoms. The number of nitrogens with one attached hydrogen (secondary N) is 1. The molecule has 2 aromatic rings. The maximum Gasteiger partial charge on any atom is 0.271 e. The third-order valence-corrected chi connectivity index (χ3v) is 5.76. The van der Waals surface area contributed by atoms with E-state index in [4.69, 9.17) is 10.5 Å². The highest BCUT2D eigenvalue weighted by Crippen LogP contribution is 2.35. The van der Waals surface area contributed by atoms with Crippen LogP contribution in [0.3, 0.4) is 0 Å². The molecule has 1 amide bonds. The standard InChI is InChI=1S/C22H27F2N5O2/c23-22(24)10-8-17(9-11-22)31-16-6-4-15(5-7-16)27-21-19(20(25)30)26-14-18(28-21)29-12-2-1-3-13-29/h4-7,14,17H,1-3,8-13H2,(H2,25,30)(H,27,28). The van der Waals surface area contributed by atoms with Crippen molar-refractivity contribution in [2.24, 2.45) is 5.73 Å². The number of carbonyl (C=O) groups excluding carboxylic acids is 1. The van der Waals surface area contributed by atoms with Gasteiger partial charge < -0.3 is 20.7 Å². The number of alkyl halides is 2. The van der Waals surface area contributed by atoms with Crippen LogP contribution in [0.25, 0.3) is 0 Å². The topological polar surface area (TPSA) is 93.4 Å². The third-order valence-electron chi connectivity index (χ3n) is 5.76. The molecule has 31 heavy (non-hydrogen) atoms. The second kappa shape index (κ2) is 9.03. The average molecular weight is 431 g/mol. The number of amides is 1. The lowest BCUT2D eigenvalue weighted by Gasteiger charge is -2.28. The van der Waals surface area contributed by atoms with Crippen molar-refractivity contribution in [2.75, 3.05) is 23.3 Å². The third kappa shape index (κ3) is 5.39. The minimum atomic E-state index is -2.57. The SMILES string of the molecule is NC(=O)c1ncc(N2CCCCC2)nc1Nc1ccc(OC2CCC(F)(F)CC2)cc1. The van der Waals surface area contributed by atoms with Crippen LogP contribution in [0.15, 0.2) is 30.5 Å². The summed E-state index contributed by atoms with van der Waals surface area (Å²) >= 11 is 0. The van der Waals surface area contributed by atoms with Crippen LogP contribution in [0.1, 0.15) is 55.4 Å². The summed E-state index contributed by atoms with van der Waals surface area (Å²) in [4.78, 5) is 22.8. The molecule has 1 aromatic heterocycles. The largest absolute Gasteiger partial charge is 0.490 e. The van der Waals surface area contributed by atoms with Crippen molar-refractivity contribution in [2.45, 2.75) is 57.0 Å². The molecule has 2 fully saturated rings. The first-order valence-corrected chi connectivity index (χ1v) is 10.7. The lowest BCUT2D eigenvalue weighted by atomic mass is 9.94. The van der Waals surface area contributed by atoms with Crippen LogP contribution in [0, 0.1) is 0 Å². The molecule has 0 bridgehead atoms. The maximum absolute atomic E-state index is 13.3. The molecular formula is C22H27F2N5O2. The van der Waals surface area contributed by atoms with Crippen LogP contribution < -0.4 is 20.7 Å². The van der Waals surface area contributed by atoms with Crippen molar-refractivity contribution in [3.63, 3.8) is 0 Å². The number of aromatic nitrogens is 2. The maximum atomic E-state index is 13.3. The molecule has 1 saturated heterocycles. The summed E-state index contributed by atoms with van der Waals surface area (Å²) in [6.07, 6.45) is 5.18. The summed E-state index contributed by atoms with van der Waals surface area (Å²) < 4.78 is 32.4. The number of nitrogens with two attached hydrogens (primary N) is 1. The first-order valence-electron chi connectivity index (χ1n) is 10.7. The van der Waals surface area contributed by atoms with E-state index in [2.05, 4.69) is 20.2 Å². The Labute approximate surface area is 180 Å². The van der Waals surface area contributed by atoms with E-state index in [1.165, 1.54) is 6.42 Å². The Balaban J connectivity index is 1.45. The van der Waals surface area contributed by atoms with Crippen LogP contribution in [-0.2, 0) is 0 Å². The van der Waals surface area contributed by atoms with E-state index in [9.17, 15) is 13.6 Å². The molecular weight excluding hydrogens is 404 g/mol. The van der Waals surface area contributed by atoms with E-state index in [-0.39, 0.29) is 24.6 Å². The number of anilines is 3. The van der Waals surface area contributed by atoms with E-state index in [0.717, 1.165) is 25.9 Å². The van der Waals surface area contributed by atoms with Gasteiger partial charge in [0.05, 0.1) is 12.3 Å². The average Bonchev–Trinajstić information content (AvgIpc) is 2.77. The van der Waals surface area contributed by atoms with Gasteiger partial charge in [-0.2, -0.15) is 0 Å². The summed E-state index contributed by atoms with van der Waals surface area (Å²) in [6.45, 7) is 1.81. The number of nitrogens with zero attached hydrogens (tertiary/aromatic N) is 3. The van der Waals surface area contributed by atoms with Crippen molar-refractivity contribution >= 4 is 23.2 Å².